The molecule has 20 heavy (non-hydrogen) atoms. The lowest BCUT2D eigenvalue weighted by molar-refractivity contribution is 0.102. The van der Waals surface area contributed by atoms with Crippen molar-refractivity contribution in [2.45, 2.75) is 0 Å². The van der Waals surface area contributed by atoms with Gasteiger partial charge in [0.25, 0.3) is 5.91 Å². The van der Waals surface area contributed by atoms with Crippen molar-refractivity contribution in [3.8, 4) is 0 Å². The summed E-state index contributed by atoms with van der Waals surface area (Å²) in [4.78, 5) is 12.0. The van der Waals surface area contributed by atoms with E-state index in [1.165, 1.54) is 0 Å². The molecule has 0 atom stereocenters. The number of hydrogen-bond acceptors (Lipinski definition) is 2. The van der Waals surface area contributed by atoms with E-state index in [0.717, 1.165) is 5.69 Å². The Labute approximate surface area is 126 Å². The van der Waals surface area contributed by atoms with Gasteiger partial charge in [0.15, 0.2) is 5.11 Å². The lowest BCUT2D eigenvalue weighted by Crippen LogP contribution is -2.18. The van der Waals surface area contributed by atoms with E-state index < -0.39 is 0 Å². The van der Waals surface area contributed by atoms with Gasteiger partial charge in [0.2, 0.25) is 0 Å². The molecule has 0 aliphatic carbocycles. The molecule has 0 spiro atoms. The van der Waals surface area contributed by atoms with E-state index in [9.17, 15) is 4.79 Å². The van der Waals surface area contributed by atoms with Crippen molar-refractivity contribution >= 4 is 46.2 Å². The highest BCUT2D eigenvalue weighted by atomic mass is 35.5. The number of nitrogens with two attached hydrogens (primary N) is 1. The highest BCUT2D eigenvalue weighted by Gasteiger charge is 2.06. The second-order valence-electron chi connectivity index (χ2n) is 4.03. The zero-order chi connectivity index (χ0) is 14.5. The predicted octanol–water partition coefficient (Wildman–Crippen LogP) is 3.25. The molecule has 102 valence electrons. The molecule has 2 aromatic rings. The largest absolute Gasteiger partial charge is 0.376 e. The van der Waals surface area contributed by atoms with Crippen LogP contribution in [0.15, 0.2) is 48.5 Å². The minimum atomic E-state index is -0.220. The van der Waals surface area contributed by atoms with Crippen molar-refractivity contribution in [2.75, 3.05) is 10.6 Å². The van der Waals surface area contributed by atoms with Gasteiger partial charge in [0.1, 0.15) is 0 Å². The van der Waals surface area contributed by atoms with Crippen molar-refractivity contribution < 1.29 is 4.79 Å². The summed E-state index contributed by atoms with van der Waals surface area (Å²) < 4.78 is 0. The number of benzene rings is 2. The maximum Gasteiger partial charge on any atom is 0.255 e. The van der Waals surface area contributed by atoms with Crippen LogP contribution in [0.1, 0.15) is 10.4 Å². The number of halogens is 1. The first-order valence-corrected chi connectivity index (χ1v) is 6.56. The Morgan fingerprint density at radius 2 is 1.65 bits per heavy atom. The first-order valence-electron chi connectivity index (χ1n) is 5.78. The van der Waals surface area contributed by atoms with Gasteiger partial charge in [-0.3, -0.25) is 4.79 Å². The molecule has 0 heterocycles. The normalized spacial score (nSPS) is 9.85. The van der Waals surface area contributed by atoms with Crippen LogP contribution in [-0.4, -0.2) is 11.0 Å². The van der Waals surface area contributed by atoms with E-state index in [-0.39, 0.29) is 11.0 Å². The van der Waals surface area contributed by atoms with Gasteiger partial charge in [-0.25, -0.2) is 0 Å². The summed E-state index contributed by atoms with van der Waals surface area (Å²) >= 11 is 10.6. The van der Waals surface area contributed by atoms with Crippen LogP contribution < -0.4 is 16.4 Å². The highest BCUT2D eigenvalue weighted by molar-refractivity contribution is 7.80. The highest BCUT2D eigenvalue weighted by Crippen LogP contribution is 2.16. The average Bonchev–Trinajstić information content (AvgIpc) is 2.40. The number of nitrogens with one attached hydrogen (secondary N) is 2. The van der Waals surface area contributed by atoms with Crippen molar-refractivity contribution in [1.29, 1.82) is 0 Å². The predicted molar refractivity (Wildman–Crippen MR) is 86.3 cm³/mol. The Morgan fingerprint density at radius 3 is 2.20 bits per heavy atom. The number of rotatable bonds is 3. The zero-order valence-electron chi connectivity index (χ0n) is 10.4. The van der Waals surface area contributed by atoms with Crippen molar-refractivity contribution in [3.05, 3.63) is 59.1 Å². The van der Waals surface area contributed by atoms with Gasteiger partial charge < -0.3 is 16.4 Å². The third-order valence-corrected chi connectivity index (χ3v) is 2.83. The topological polar surface area (TPSA) is 67.2 Å². The maximum atomic E-state index is 12.0. The van der Waals surface area contributed by atoms with E-state index >= 15 is 0 Å². The molecular formula is C14H12ClN3OS. The van der Waals surface area contributed by atoms with Crippen LogP contribution in [0, 0.1) is 0 Å². The summed E-state index contributed by atoms with van der Waals surface area (Å²) in [6.07, 6.45) is 0. The fraction of sp³-hybridized carbons (Fsp3) is 0. The van der Waals surface area contributed by atoms with Crippen LogP contribution in [0.25, 0.3) is 0 Å². The Kier molecular flexibility index (Phi) is 4.55. The SMILES string of the molecule is NC(=S)Nc1ccc(NC(=O)c2cccc(Cl)c2)cc1. The van der Waals surface area contributed by atoms with E-state index in [4.69, 9.17) is 29.6 Å². The first kappa shape index (κ1) is 14.3. The number of amides is 1. The number of thiocarbonyl (C=S) groups is 1. The van der Waals surface area contributed by atoms with E-state index in [0.29, 0.717) is 16.3 Å². The van der Waals surface area contributed by atoms with E-state index in [2.05, 4.69) is 10.6 Å². The molecule has 4 N–H and O–H groups in total. The molecule has 0 fully saturated rings. The molecule has 0 saturated carbocycles. The molecule has 0 aliphatic heterocycles. The van der Waals surface area contributed by atoms with Gasteiger partial charge in [-0.15, -0.1) is 0 Å². The molecule has 4 nitrogen and oxygen atoms in total. The Hall–Kier alpha value is -2.11. The summed E-state index contributed by atoms with van der Waals surface area (Å²) in [7, 11) is 0. The van der Waals surface area contributed by atoms with Gasteiger partial charge in [0, 0.05) is 22.0 Å². The quantitative estimate of drug-likeness (QED) is 0.762. The smallest absolute Gasteiger partial charge is 0.255 e. The Bertz CT molecular complexity index is 643. The summed E-state index contributed by atoms with van der Waals surface area (Å²) in [6, 6.07) is 13.8. The average molecular weight is 306 g/mol. The number of hydrogen-bond donors (Lipinski definition) is 3. The van der Waals surface area contributed by atoms with Crippen LogP contribution in [0.4, 0.5) is 11.4 Å². The van der Waals surface area contributed by atoms with Gasteiger partial charge in [0.05, 0.1) is 0 Å². The second kappa shape index (κ2) is 6.36. The van der Waals surface area contributed by atoms with Gasteiger partial charge in [-0.1, -0.05) is 17.7 Å². The first-order chi connectivity index (χ1) is 9.54. The maximum absolute atomic E-state index is 12.0. The fourth-order valence-corrected chi connectivity index (χ4v) is 1.92. The zero-order valence-corrected chi connectivity index (χ0v) is 12.0. The molecule has 0 aliphatic rings. The van der Waals surface area contributed by atoms with Crippen molar-refractivity contribution in [2.24, 2.45) is 5.73 Å². The molecule has 1 amide bonds. The van der Waals surface area contributed by atoms with E-state index in [1.807, 2.05) is 0 Å². The number of carbonyl (C=O) groups is 1. The van der Waals surface area contributed by atoms with Crippen LogP contribution in [0.3, 0.4) is 0 Å². The molecule has 0 saturated heterocycles. The third-order valence-electron chi connectivity index (χ3n) is 2.50. The monoisotopic (exact) mass is 305 g/mol. The van der Waals surface area contributed by atoms with Gasteiger partial charge in [-0.05, 0) is 54.7 Å². The molecule has 2 rings (SSSR count). The summed E-state index contributed by atoms with van der Waals surface area (Å²) in [5.74, 6) is -0.220. The molecule has 0 radical (unpaired) electrons. The summed E-state index contributed by atoms with van der Waals surface area (Å²) in [6.45, 7) is 0. The van der Waals surface area contributed by atoms with Crippen molar-refractivity contribution in [1.82, 2.24) is 0 Å². The van der Waals surface area contributed by atoms with Crippen LogP contribution in [0.5, 0.6) is 0 Å². The minimum absolute atomic E-state index is 0.195. The molecule has 6 heteroatoms. The Morgan fingerprint density at radius 1 is 1.05 bits per heavy atom. The lowest BCUT2D eigenvalue weighted by Gasteiger charge is -2.07. The molecule has 0 bridgehead atoms. The lowest BCUT2D eigenvalue weighted by atomic mass is 10.2. The number of anilines is 2. The summed E-state index contributed by atoms with van der Waals surface area (Å²) in [5.41, 5.74) is 7.31. The van der Waals surface area contributed by atoms with Crippen LogP contribution in [-0.2, 0) is 0 Å². The molecule has 0 aromatic heterocycles. The minimum Gasteiger partial charge on any atom is -0.376 e. The van der Waals surface area contributed by atoms with Crippen LogP contribution in [0.2, 0.25) is 5.02 Å². The van der Waals surface area contributed by atoms with Crippen LogP contribution >= 0.6 is 23.8 Å². The molecule has 0 unspecified atom stereocenters. The van der Waals surface area contributed by atoms with Crippen molar-refractivity contribution in [3.63, 3.8) is 0 Å². The molecule has 2 aromatic carbocycles. The van der Waals surface area contributed by atoms with Gasteiger partial charge >= 0.3 is 0 Å². The van der Waals surface area contributed by atoms with Gasteiger partial charge in [-0.2, -0.15) is 0 Å². The van der Waals surface area contributed by atoms with E-state index in [1.54, 1.807) is 48.5 Å². The Balaban J connectivity index is 2.06. The third kappa shape index (κ3) is 3.94. The summed E-state index contributed by atoms with van der Waals surface area (Å²) in [5, 5.41) is 6.30. The standard InChI is InChI=1S/C14H12ClN3OS/c15-10-3-1-2-9(8-10)13(19)17-11-4-6-12(7-5-11)18-14(16)20/h1-8H,(H,17,19)(H3,16,18,20). The fourth-order valence-electron chi connectivity index (χ4n) is 1.61. The molecular weight excluding hydrogens is 294 g/mol. The number of carbonyl (C=O) groups excluding carboxylic acids is 1. The second-order valence-corrected chi connectivity index (χ2v) is 4.91.